The Labute approximate surface area is 93.8 Å². The highest BCUT2D eigenvalue weighted by Gasteiger charge is 2.60. The van der Waals surface area contributed by atoms with Crippen LogP contribution in [0.3, 0.4) is 0 Å². The zero-order valence-electron chi connectivity index (χ0n) is 8.52. The summed E-state index contributed by atoms with van der Waals surface area (Å²) in [6.07, 6.45) is -5.94. The Kier molecular flexibility index (Phi) is 2.57. The van der Waals surface area contributed by atoms with E-state index in [4.69, 9.17) is 5.11 Å². The minimum absolute atomic E-state index is 0.111. The van der Waals surface area contributed by atoms with Crippen molar-refractivity contribution in [2.45, 2.75) is 37.2 Å². The second kappa shape index (κ2) is 3.59. The minimum Gasteiger partial charge on any atom is -0.480 e. The predicted molar refractivity (Wildman–Crippen MR) is 46.8 cm³/mol. The van der Waals surface area contributed by atoms with Crippen LogP contribution in [0, 0.1) is 5.92 Å². The van der Waals surface area contributed by atoms with Gasteiger partial charge in [0.1, 0.15) is 6.04 Å². The van der Waals surface area contributed by atoms with Gasteiger partial charge in [-0.3, -0.25) is 4.79 Å². The molecule has 96 valence electrons. The van der Waals surface area contributed by atoms with E-state index in [1.807, 2.05) is 0 Å². The molecule has 0 radical (unpaired) electrons. The summed E-state index contributed by atoms with van der Waals surface area (Å²) < 4.78 is 37.0. The molecule has 1 aliphatic carbocycles. The Bertz CT molecular complexity index is 370. The summed E-state index contributed by atoms with van der Waals surface area (Å²) in [5, 5.41) is 18.3. The minimum atomic E-state index is -5.11. The first-order valence-corrected chi connectivity index (χ1v) is 5.04. The lowest BCUT2D eigenvalue weighted by Gasteiger charge is -2.35. The predicted octanol–water partition coefficient (Wildman–Crippen LogP) is -0.0164. The fourth-order valence-corrected chi connectivity index (χ4v) is 2.76. The number of fused-ring (bicyclic) bond motifs is 2. The van der Waals surface area contributed by atoms with Crippen LogP contribution in [-0.4, -0.2) is 51.4 Å². The molecule has 1 aliphatic heterocycles. The van der Waals surface area contributed by atoms with Gasteiger partial charge in [0.05, 0.1) is 12.1 Å². The van der Waals surface area contributed by atoms with E-state index in [1.165, 1.54) is 0 Å². The molecule has 1 heterocycles. The number of aliphatic hydroxyl groups excluding tert-OH is 1. The third kappa shape index (κ3) is 1.76. The van der Waals surface area contributed by atoms with Gasteiger partial charge in [-0.25, -0.2) is 4.79 Å². The van der Waals surface area contributed by atoms with Crippen molar-refractivity contribution in [3.05, 3.63) is 0 Å². The summed E-state index contributed by atoms with van der Waals surface area (Å²) in [7, 11) is 0. The Morgan fingerprint density at radius 1 is 1.24 bits per heavy atom. The molecule has 2 N–H and O–H groups in total. The monoisotopic (exact) mass is 253 g/mol. The van der Waals surface area contributed by atoms with Crippen molar-refractivity contribution in [1.82, 2.24) is 4.90 Å². The highest BCUT2D eigenvalue weighted by Crippen LogP contribution is 2.44. The normalized spacial score (nSPS) is 36.4. The van der Waals surface area contributed by atoms with Crippen LogP contribution < -0.4 is 0 Å². The second-order valence-corrected chi connectivity index (χ2v) is 4.36. The molecule has 2 rings (SSSR count). The number of carbonyl (C=O) groups is 2. The molecule has 0 aromatic rings. The molecule has 1 saturated heterocycles. The molecule has 2 fully saturated rings. The SMILES string of the molecule is O=C(O)[C@H]1[C@@H]2C[C@@H](O)[C@@H](C2)N1C(=O)C(F)(F)F. The van der Waals surface area contributed by atoms with Crippen molar-refractivity contribution in [2.75, 3.05) is 0 Å². The molecule has 1 amide bonds. The lowest BCUT2D eigenvalue weighted by atomic mass is 9.97. The van der Waals surface area contributed by atoms with E-state index in [2.05, 4.69) is 0 Å². The Balaban J connectivity index is 2.30. The summed E-state index contributed by atoms with van der Waals surface area (Å²) in [4.78, 5) is 22.3. The third-order valence-corrected chi connectivity index (χ3v) is 3.37. The fourth-order valence-electron chi connectivity index (χ4n) is 2.76. The molecule has 2 bridgehead atoms. The summed E-state index contributed by atoms with van der Waals surface area (Å²) in [6.45, 7) is 0. The van der Waals surface area contributed by atoms with Gasteiger partial charge in [-0.15, -0.1) is 0 Å². The molecule has 4 atom stereocenters. The first-order valence-electron chi connectivity index (χ1n) is 5.04. The van der Waals surface area contributed by atoms with Crippen LogP contribution in [0.2, 0.25) is 0 Å². The quantitative estimate of drug-likeness (QED) is 0.688. The molecule has 1 saturated carbocycles. The number of likely N-dealkylation sites (tertiary alicyclic amines) is 1. The largest absolute Gasteiger partial charge is 0.480 e. The zero-order chi connectivity index (χ0) is 13.0. The number of rotatable bonds is 1. The molecule has 17 heavy (non-hydrogen) atoms. The maximum absolute atomic E-state index is 12.3. The van der Waals surface area contributed by atoms with E-state index < -0.39 is 42.2 Å². The number of carbonyl (C=O) groups excluding carboxylic acids is 1. The highest BCUT2D eigenvalue weighted by molar-refractivity contribution is 5.88. The van der Waals surface area contributed by atoms with Crippen molar-refractivity contribution in [3.8, 4) is 0 Å². The van der Waals surface area contributed by atoms with E-state index in [0.29, 0.717) is 0 Å². The van der Waals surface area contributed by atoms with Crippen LogP contribution in [0.15, 0.2) is 0 Å². The van der Waals surface area contributed by atoms with Crippen molar-refractivity contribution < 1.29 is 33.0 Å². The Hall–Kier alpha value is -1.31. The lowest BCUT2D eigenvalue weighted by Crippen LogP contribution is -2.57. The van der Waals surface area contributed by atoms with Gasteiger partial charge in [-0.2, -0.15) is 13.2 Å². The van der Waals surface area contributed by atoms with E-state index in [-0.39, 0.29) is 17.7 Å². The van der Waals surface area contributed by atoms with Gasteiger partial charge in [-0.05, 0) is 18.8 Å². The molecule has 5 nitrogen and oxygen atoms in total. The van der Waals surface area contributed by atoms with Crippen LogP contribution in [0.5, 0.6) is 0 Å². The molecule has 8 heteroatoms. The summed E-state index contributed by atoms with van der Waals surface area (Å²) in [6, 6.07) is -2.51. The van der Waals surface area contributed by atoms with E-state index >= 15 is 0 Å². The maximum Gasteiger partial charge on any atom is 0.471 e. The molecule has 2 aliphatic rings. The first kappa shape index (κ1) is 12.2. The molecule has 0 aromatic heterocycles. The molecular weight excluding hydrogens is 243 g/mol. The number of piperidine rings is 1. The number of halogens is 3. The van der Waals surface area contributed by atoms with Crippen molar-refractivity contribution in [2.24, 2.45) is 5.92 Å². The number of alkyl halides is 3. The second-order valence-electron chi connectivity index (χ2n) is 4.36. The lowest BCUT2D eigenvalue weighted by molar-refractivity contribution is -0.194. The van der Waals surface area contributed by atoms with Crippen LogP contribution in [0.1, 0.15) is 12.8 Å². The third-order valence-electron chi connectivity index (χ3n) is 3.37. The van der Waals surface area contributed by atoms with Crippen LogP contribution in [-0.2, 0) is 9.59 Å². The Morgan fingerprint density at radius 2 is 1.82 bits per heavy atom. The van der Waals surface area contributed by atoms with Gasteiger partial charge in [0.15, 0.2) is 0 Å². The summed E-state index contributed by atoms with van der Waals surface area (Å²) >= 11 is 0. The summed E-state index contributed by atoms with van der Waals surface area (Å²) in [5.74, 6) is -4.24. The van der Waals surface area contributed by atoms with Crippen LogP contribution in [0.25, 0.3) is 0 Å². The van der Waals surface area contributed by atoms with Crippen LogP contribution in [0.4, 0.5) is 13.2 Å². The fraction of sp³-hybridized carbons (Fsp3) is 0.778. The number of carboxylic acids is 1. The topological polar surface area (TPSA) is 77.8 Å². The van der Waals surface area contributed by atoms with Gasteiger partial charge >= 0.3 is 18.1 Å². The average Bonchev–Trinajstić information content (AvgIpc) is 2.70. The number of hydrogen-bond donors (Lipinski definition) is 2. The number of hydrogen-bond acceptors (Lipinski definition) is 3. The Morgan fingerprint density at radius 3 is 2.29 bits per heavy atom. The standard InChI is InChI=1S/C9H10F3NO4/c10-9(11,12)8(17)13-4-1-3(2-5(4)14)6(13)7(15)16/h3-6,14H,1-2H2,(H,15,16)/t3-,4+,5+,6+/m0/s1. The van der Waals surface area contributed by atoms with E-state index in [1.54, 1.807) is 0 Å². The molecular formula is C9H10F3NO4. The smallest absolute Gasteiger partial charge is 0.471 e. The molecule has 0 unspecified atom stereocenters. The van der Waals surface area contributed by atoms with Gasteiger partial charge < -0.3 is 15.1 Å². The van der Waals surface area contributed by atoms with Crippen LogP contribution >= 0.6 is 0 Å². The first-order chi connectivity index (χ1) is 7.73. The average molecular weight is 253 g/mol. The van der Waals surface area contributed by atoms with Gasteiger partial charge in [-0.1, -0.05) is 0 Å². The number of aliphatic carboxylic acids is 1. The van der Waals surface area contributed by atoms with Gasteiger partial charge in [0.2, 0.25) is 0 Å². The number of nitrogens with zero attached hydrogens (tertiary/aromatic N) is 1. The highest BCUT2D eigenvalue weighted by atomic mass is 19.4. The molecule has 0 aromatic carbocycles. The van der Waals surface area contributed by atoms with Crippen molar-refractivity contribution in [3.63, 3.8) is 0 Å². The van der Waals surface area contributed by atoms with E-state index in [9.17, 15) is 27.9 Å². The van der Waals surface area contributed by atoms with Crippen molar-refractivity contribution >= 4 is 11.9 Å². The van der Waals surface area contributed by atoms with Gasteiger partial charge in [0.25, 0.3) is 0 Å². The summed E-state index contributed by atoms with van der Waals surface area (Å²) in [5.41, 5.74) is 0. The number of aliphatic hydroxyl groups is 1. The number of carboxylic acid groups (broad SMARTS) is 1. The molecule has 0 spiro atoms. The number of amides is 1. The van der Waals surface area contributed by atoms with Gasteiger partial charge in [0, 0.05) is 0 Å². The maximum atomic E-state index is 12.3. The van der Waals surface area contributed by atoms with E-state index in [0.717, 1.165) is 0 Å². The zero-order valence-corrected chi connectivity index (χ0v) is 8.52. The van der Waals surface area contributed by atoms with Crippen molar-refractivity contribution in [1.29, 1.82) is 0 Å².